The Morgan fingerprint density at radius 2 is 1.50 bits per heavy atom. The fraction of sp³-hybridized carbons (Fsp3) is 0.600. The minimum absolute atomic E-state index is 0.156. The fourth-order valence-electron chi connectivity index (χ4n) is 2.87. The van der Waals surface area contributed by atoms with Crippen molar-refractivity contribution in [1.82, 2.24) is 0 Å². The molecule has 3 heteroatoms. The Labute approximate surface area is 113 Å². The molecule has 104 valence electrons. The average Bonchev–Trinajstić information content (AvgIpc) is 2.36. The lowest BCUT2D eigenvalue weighted by molar-refractivity contribution is 0.0858. The third kappa shape index (κ3) is 4.92. The van der Waals surface area contributed by atoms with E-state index in [-0.39, 0.29) is 6.61 Å². The van der Waals surface area contributed by atoms with Gasteiger partial charge in [-0.15, -0.1) is 19.7 Å². The van der Waals surface area contributed by atoms with Crippen molar-refractivity contribution in [2.45, 2.75) is 49.5 Å². The first kappa shape index (κ1) is 17.4. The lowest BCUT2D eigenvalue weighted by Gasteiger charge is -2.38. The predicted octanol–water partition coefficient (Wildman–Crippen LogP) is 3.52. The van der Waals surface area contributed by atoms with E-state index >= 15 is 0 Å². The first-order valence-corrected chi connectivity index (χ1v) is 9.41. The van der Waals surface area contributed by atoms with E-state index in [0.29, 0.717) is 12.0 Å². The summed E-state index contributed by atoms with van der Waals surface area (Å²) < 4.78 is 0. The predicted molar refractivity (Wildman–Crippen MR) is 82.5 cm³/mol. The number of aliphatic hydroxyl groups is 2. The average molecular weight is 268 g/mol. The maximum Gasteiger partial charge on any atom is 0.0770 e. The van der Waals surface area contributed by atoms with Gasteiger partial charge < -0.3 is 10.2 Å². The van der Waals surface area contributed by atoms with Gasteiger partial charge >= 0.3 is 0 Å². The second-order valence-corrected chi connectivity index (χ2v) is 9.78. The van der Waals surface area contributed by atoms with Gasteiger partial charge in [-0.2, -0.15) is 0 Å². The van der Waals surface area contributed by atoms with E-state index in [9.17, 15) is 5.11 Å². The molecule has 0 aliphatic heterocycles. The summed E-state index contributed by atoms with van der Waals surface area (Å²) in [6.45, 7) is 13.6. The van der Waals surface area contributed by atoms with Crippen LogP contribution < -0.4 is 0 Å². The smallest absolute Gasteiger partial charge is 0.0770 e. The van der Waals surface area contributed by atoms with Crippen LogP contribution in [0, 0.1) is 0 Å². The van der Waals surface area contributed by atoms with Gasteiger partial charge in [-0.1, -0.05) is 31.6 Å². The zero-order valence-corrected chi connectivity index (χ0v) is 12.6. The molecule has 0 saturated heterocycles. The number of hydrogen-bond acceptors (Lipinski definition) is 2. The molecule has 0 amide bonds. The summed E-state index contributed by atoms with van der Waals surface area (Å²) in [6, 6.07) is 3.05. The van der Waals surface area contributed by atoms with Gasteiger partial charge in [0.1, 0.15) is 0 Å². The van der Waals surface area contributed by atoms with Crippen LogP contribution in [0.3, 0.4) is 0 Å². The van der Waals surface area contributed by atoms with E-state index in [0.717, 1.165) is 24.6 Å². The van der Waals surface area contributed by atoms with E-state index < -0.39 is 14.2 Å². The third-order valence-electron chi connectivity index (χ3n) is 3.78. The van der Waals surface area contributed by atoms with Gasteiger partial charge in [0, 0.05) is 0 Å². The molecule has 0 spiro atoms. The standard InChI is InChI=1S/C15H28O2Si/c1-5-9-18(10-6-2,11-7-3)15(8-4)12-14(17)13-16/h5-7,14-17H,1-3,8-13H2,4H3. The topological polar surface area (TPSA) is 40.5 Å². The molecule has 0 heterocycles. The lowest BCUT2D eigenvalue weighted by atomic mass is 10.1. The van der Waals surface area contributed by atoms with Crippen molar-refractivity contribution in [2.24, 2.45) is 0 Å². The minimum atomic E-state index is -1.63. The van der Waals surface area contributed by atoms with Gasteiger partial charge in [0.05, 0.1) is 20.8 Å². The molecule has 0 aromatic rings. The minimum Gasteiger partial charge on any atom is -0.394 e. The van der Waals surface area contributed by atoms with Gasteiger partial charge in [-0.25, -0.2) is 0 Å². The highest BCUT2D eigenvalue weighted by Crippen LogP contribution is 2.40. The number of aliphatic hydroxyl groups excluding tert-OH is 2. The molecule has 0 aromatic carbocycles. The zero-order chi connectivity index (χ0) is 14.0. The van der Waals surface area contributed by atoms with Crippen LogP contribution in [0.4, 0.5) is 0 Å². The lowest BCUT2D eigenvalue weighted by Crippen LogP contribution is -2.40. The summed E-state index contributed by atoms with van der Waals surface area (Å²) in [5.74, 6) is 0. The fourth-order valence-corrected chi connectivity index (χ4v) is 7.73. The molecule has 2 nitrogen and oxygen atoms in total. The monoisotopic (exact) mass is 268 g/mol. The van der Waals surface area contributed by atoms with Crippen LogP contribution in [0.15, 0.2) is 38.0 Å². The van der Waals surface area contributed by atoms with Crippen LogP contribution in [0.25, 0.3) is 0 Å². The molecule has 0 fully saturated rings. The van der Waals surface area contributed by atoms with Crippen LogP contribution in [-0.4, -0.2) is 31.0 Å². The number of rotatable bonds is 11. The van der Waals surface area contributed by atoms with Gasteiger partial charge in [0.2, 0.25) is 0 Å². The maximum absolute atomic E-state index is 9.72. The second-order valence-electron chi connectivity index (χ2n) is 5.02. The molecule has 0 radical (unpaired) electrons. The largest absolute Gasteiger partial charge is 0.394 e. The number of hydrogen-bond donors (Lipinski definition) is 2. The van der Waals surface area contributed by atoms with E-state index in [4.69, 9.17) is 5.11 Å². The molecule has 0 aromatic heterocycles. The molecule has 18 heavy (non-hydrogen) atoms. The Balaban J connectivity index is 5.10. The second kappa shape index (κ2) is 9.31. The van der Waals surface area contributed by atoms with Crippen molar-refractivity contribution < 1.29 is 10.2 Å². The highest BCUT2D eigenvalue weighted by atomic mass is 28.3. The van der Waals surface area contributed by atoms with Crippen molar-refractivity contribution in [2.75, 3.05) is 6.61 Å². The van der Waals surface area contributed by atoms with Crippen molar-refractivity contribution in [3.05, 3.63) is 38.0 Å². The summed E-state index contributed by atoms with van der Waals surface area (Å²) in [7, 11) is -1.63. The normalized spacial score (nSPS) is 14.8. The Hall–Kier alpha value is -0.643. The van der Waals surface area contributed by atoms with Gasteiger partial charge in [-0.3, -0.25) is 0 Å². The van der Waals surface area contributed by atoms with Gasteiger partial charge in [-0.05, 0) is 30.1 Å². The first-order chi connectivity index (χ1) is 8.60. The summed E-state index contributed by atoms with van der Waals surface area (Å²) in [6.07, 6.45) is 7.07. The quantitative estimate of drug-likeness (QED) is 0.445. The molecule has 2 N–H and O–H groups in total. The van der Waals surface area contributed by atoms with Crippen LogP contribution >= 0.6 is 0 Å². The molecule has 0 bridgehead atoms. The summed E-state index contributed by atoms with van der Waals surface area (Å²) in [5, 5.41) is 18.8. The van der Waals surface area contributed by atoms with Crippen LogP contribution in [0.1, 0.15) is 19.8 Å². The molecule has 0 saturated carbocycles. The van der Waals surface area contributed by atoms with E-state index in [1.54, 1.807) is 0 Å². The van der Waals surface area contributed by atoms with Gasteiger partial charge in [0.15, 0.2) is 0 Å². The van der Waals surface area contributed by atoms with Crippen molar-refractivity contribution in [1.29, 1.82) is 0 Å². The summed E-state index contributed by atoms with van der Waals surface area (Å²) >= 11 is 0. The molecular weight excluding hydrogens is 240 g/mol. The van der Waals surface area contributed by atoms with E-state index in [2.05, 4.69) is 26.7 Å². The van der Waals surface area contributed by atoms with Crippen LogP contribution in [0.2, 0.25) is 23.7 Å². The Morgan fingerprint density at radius 1 is 1.06 bits per heavy atom. The van der Waals surface area contributed by atoms with Crippen molar-refractivity contribution in [3.63, 3.8) is 0 Å². The van der Waals surface area contributed by atoms with E-state index in [1.807, 2.05) is 18.2 Å². The van der Waals surface area contributed by atoms with Gasteiger partial charge in [0.25, 0.3) is 0 Å². The molecule has 2 unspecified atom stereocenters. The van der Waals surface area contributed by atoms with E-state index in [1.165, 1.54) is 0 Å². The first-order valence-electron chi connectivity index (χ1n) is 6.71. The molecule has 0 aliphatic carbocycles. The molecular formula is C15H28O2Si. The Morgan fingerprint density at radius 3 is 1.78 bits per heavy atom. The van der Waals surface area contributed by atoms with Crippen molar-refractivity contribution in [3.8, 4) is 0 Å². The van der Waals surface area contributed by atoms with Crippen molar-refractivity contribution >= 4 is 8.07 Å². The van der Waals surface area contributed by atoms with Crippen LogP contribution in [-0.2, 0) is 0 Å². The summed E-state index contributed by atoms with van der Waals surface area (Å²) in [5.41, 5.74) is 0.466. The third-order valence-corrected chi connectivity index (χ3v) is 9.46. The maximum atomic E-state index is 9.72. The van der Waals surface area contributed by atoms with Crippen LogP contribution in [0.5, 0.6) is 0 Å². The summed E-state index contributed by atoms with van der Waals surface area (Å²) in [4.78, 5) is 0. The highest BCUT2D eigenvalue weighted by molar-refractivity contribution is 6.82. The Kier molecular flexibility index (Phi) is 8.98. The number of allylic oxidation sites excluding steroid dienone is 3. The molecule has 2 atom stereocenters. The Bertz CT molecular complexity index is 237. The zero-order valence-electron chi connectivity index (χ0n) is 11.6. The highest BCUT2D eigenvalue weighted by Gasteiger charge is 2.37. The SMILES string of the molecule is C=CC[Si](CC=C)(CC=C)C(CC)CC(O)CO. The molecule has 0 rings (SSSR count). The molecule has 0 aliphatic rings.